The van der Waals surface area contributed by atoms with E-state index in [0.717, 1.165) is 18.3 Å². The van der Waals surface area contributed by atoms with Gasteiger partial charge < -0.3 is 5.11 Å². The monoisotopic (exact) mass is 177 g/mol. The molecule has 1 heterocycles. The van der Waals surface area contributed by atoms with Crippen LogP contribution in [0.2, 0.25) is 0 Å². The Balaban J connectivity index is 2.82. The SMILES string of the molecule is OC(c1ccc(F)nc1)C(F)F. The Morgan fingerprint density at radius 1 is 1.33 bits per heavy atom. The quantitative estimate of drug-likeness (QED) is 0.694. The van der Waals surface area contributed by atoms with Crippen LogP contribution in [0.4, 0.5) is 13.2 Å². The molecule has 1 rings (SSSR count). The number of aromatic nitrogens is 1. The summed E-state index contributed by atoms with van der Waals surface area (Å²) >= 11 is 0. The van der Waals surface area contributed by atoms with Crippen molar-refractivity contribution in [3.8, 4) is 0 Å². The first kappa shape index (κ1) is 8.99. The minimum atomic E-state index is -2.88. The van der Waals surface area contributed by atoms with E-state index in [1.807, 2.05) is 0 Å². The smallest absolute Gasteiger partial charge is 0.268 e. The standard InChI is InChI=1S/C7H6F3NO/c8-5-2-1-4(3-11-5)6(12)7(9)10/h1-3,6-7,12H. The topological polar surface area (TPSA) is 33.1 Å². The van der Waals surface area contributed by atoms with Crippen molar-refractivity contribution in [1.82, 2.24) is 4.98 Å². The largest absolute Gasteiger partial charge is 0.382 e. The molecule has 0 fully saturated rings. The molecule has 0 aliphatic carbocycles. The van der Waals surface area contributed by atoms with Gasteiger partial charge in [-0.05, 0) is 6.07 Å². The third kappa shape index (κ3) is 1.94. The number of alkyl halides is 2. The summed E-state index contributed by atoms with van der Waals surface area (Å²) in [4.78, 5) is 3.12. The molecule has 0 spiro atoms. The molecule has 0 saturated heterocycles. The summed E-state index contributed by atoms with van der Waals surface area (Å²) in [5.74, 6) is -0.764. The highest BCUT2D eigenvalue weighted by molar-refractivity contribution is 5.12. The summed E-state index contributed by atoms with van der Waals surface area (Å²) in [6.45, 7) is 0. The van der Waals surface area contributed by atoms with Gasteiger partial charge in [-0.2, -0.15) is 4.39 Å². The maximum atomic E-state index is 12.2. The van der Waals surface area contributed by atoms with E-state index in [1.165, 1.54) is 0 Å². The molecule has 1 N–H and O–H groups in total. The van der Waals surface area contributed by atoms with E-state index < -0.39 is 18.5 Å². The molecule has 0 radical (unpaired) electrons. The van der Waals surface area contributed by atoms with Crippen LogP contribution in [0.5, 0.6) is 0 Å². The molecule has 0 aliphatic heterocycles. The number of rotatable bonds is 2. The van der Waals surface area contributed by atoms with E-state index in [2.05, 4.69) is 4.98 Å². The van der Waals surface area contributed by atoms with Gasteiger partial charge in [-0.15, -0.1) is 0 Å². The van der Waals surface area contributed by atoms with Crippen molar-refractivity contribution >= 4 is 0 Å². The van der Waals surface area contributed by atoms with Crippen LogP contribution >= 0.6 is 0 Å². The van der Waals surface area contributed by atoms with Gasteiger partial charge in [0.25, 0.3) is 6.43 Å². The van der Waals surface area contributed by atoms with Crippen molar-refractivity contribution in [3.63, 3.8) is 0 Å². The van der Waals surface area contributed by atoms with Gasteiger partial charge in [-0.3, -0.25) is 0 Å². The third-order valence-corrected chi connectivity index (χ3v) is 1.33. The molecule has 1 aromatic rings. The summed E-state index contributed by atoms with van der Waals surface area (Å²) in [7, 11) is 0. The zero-order valence-electron chi connectivity index (χ0n) is 5.92. The van der Waals surface area contributed by atoms with E-state index in [1.54, 1.807) is 0 Å². The van der Waals surface area contributed by atoms with Crippen molar-refractivity contribution in [2.75, 3.05) is 0 Å². The molecule has 12 heavy (non-hydrogen) atoms. The fourth-order valence-electron chi connectivity index (χ4n) is 0.708. The van der Waals surface area contributed by atoms with Crippen molar-refractivity contribution in [1.29, 1.82) is 0 Å². The second-order valence-electron chi connectivity index (χ2n) is 2.19. The van der Waals surface area contributed by atoms with Crippen molar-refractivity contribution in [3.05, 3.63) is 29.8 Å². The highest BCUT2D eigenvalue weighted by Crippen LogP contribution is 2.18. The zero-order chi connectivity index (χ0) is 9.14. The van der Waals surface area contributed by atoms with Gasteiger partial charge in [0, 0.05) is 11.8 Å². The van der Waals surface area contributed by atoms with Crippen LogP contribution < -0.4 is 0 Å². The minimum absolute atomic E-state index is 0.0913. The Bertz CT molecular complexity index is 249. The summed E-state index contributed by atoms with van der Waals surface area (Å²) in [6, 6.07) is 1.99. The second kappa shape index (κ2) is 3.53. The lowest BCUT2D eigenvalue weighted by molar-refractivity contribution is -0.00603. The van der Waals surface area contributed by atoms with Crippen molar-refractivity contribution in [2.45, 2.75) is 12.5 Å². The average Bonchev–Trinajstić information content (AvgIpc) is 2.04. The lowest BCUT2D eigenvalue weighted by atomic mass is 10.2. The predicted molar refractivity (Wildman–Crippen MR) is 35.2 cm³/mol. The minimum Gasteiger partial charge on any atom is -0.382 e. The van der Waals surface area contributed by atoms with Crippen molar-refractivity contribution < 1.29 is 18.3 Å². The summed E-state index contributed by atoms with van der Waals surface area (Å²) in [5, 5.41) is 8.78. The molecule has 0 aromatic carbocycles. The lowest BCUT2D eigenvalue weighted by Crippen LogP contribution is -2.08. The lowest BCUT2D eigenvalue weighted by Gasteiger charge is -2.07. The van der Waals surface area contributed by atoms with Crippen molar-refractivity contribution in [2.24, 2.45) is 0 Å². The number of aliphatic hydroxyl groups excluding tert-OH is 1. The first-order chi connectivity index (χ1) is 5.61. The summed E-state index contributed by atoms with van der Waals surface area (Å²) in [6.07, 6.45) is -3.89. The first-order valence-corrected chi connectivity index (χ1v) is 3.19. The van der Waals surface area contributed by atoms with E-state index in [-0.39, 0.29) is 5.56 Å². The zero-order valence-corrected chi connectivity index (χ0v) is 5.92. The molecule has 1 atom stereocenters. The van der Waals surface area contributed by atoms with E-state index in [4.69, 9.17) is 5.11 Å². The molecular formula is C7H6F3NO. The molecule has 0 aliphatic rings. The maximum Gasteiger partial charge on any atom is 0.268 e. The Morgan fingerprint density at radius 2 is 2.00 bits per heavy atom. The van der Waals surface area contributed by atoms with E-state index in [9.17, 15) is 13.2 Å². The fraction of sp³-hybridized carbons (Fsp3) is 0.286. The van der Waals surface area contributed by atoms with Gasteiger partial charge in [0.05, 0.1) is 0 Å². The van der Waals surface area contributed by atoms with Crippen LogP contribution in [0.25, 0.3) is 0 Å². The number of hydrogen-bond acceptors (Lipinski definition) is 2. The first-order valence-electron chi connectivity index (χ1n) is 3.19. The molecule has 0 saturated carbocycles. The summed E-state index contributed by atoms with van der Waals surface area (Å²) < 4.78 is 35.9. The Labute approximate surface area is 66.7 Å². The molecule has 5 heteroatoms. The van der Waals surface area contributed by atoms with Crippen LogP contribution in [0.3, 0.4) is 0 Å². The van der Waals surface area contributed by atoms with E-state index >= 15 is 0 Å². The number of halogens is 3. The Morgan fingerprint density at radius 3 is 2.42 bits per heavy atom. The second-order valence-corrected chi connectivity index (χ2v) is 2.19. The van der Waals surface area contributed by atoms with Gasteiger partial charge in [0.1, 0.15) is 6.10 Å². The highest BCUT2D eigenvalue weighted by Gasteiger charge is 2.18. The predicted octanol–water partition coefficient (Wildman–Crippen LogP) is 1.52. The number of hydrogen-bond donors (Lipinski definition) is 1. The molecule has 1 aromatic heterocycles. The van der Waals surface area contributed by atoms with Gasteiger partial charge in [0.2, 0.25) is 5.95 Å². The van der Waals surface area contributed by atoms with Crippen LogP contribution in [0.15, 0.2) is 18.3 Å². The molecule has 2 nitrogen and oxygen atoms in total. The number of pyridine rings is 1. The molecule has 0 bridgehead atoms. The molecular weight excluding hydrogens is 171 g/mol. The van der Waals surface area contributed by atoms with Crippen LogP contribution in [-0.2, 0) is 0 Å². The van der Waals surface area contributed by atoms with Crippen LogP contribution in [0, 0.1) is 5.95 Å². The van der Waals surface area contributed by atoms with Gasteiger partial charge >= 0.3 is 0 Å². The van der Waals surface area contributed by atoms with Crippen LogP contribution in [-0.4, -0.2) is 16.5 Å². The summed E-state index contributed by atoms with van der Waals surface area (Å²) in [5.41, 5.74) is -0.0913. The molecule has 1 unspecified atom stereocenters. The highest BCUT2D eigenvalue weighted by atomic mass is 19.3. The normalized spacial score (nSPS) is 13.4. The maximum absolute atomic E-state index is 12.2. The van der Waals surface area contributed by atoms with E-state index in [0.29, 0.717) is 0 Å². The Kier molecular flexibility index (Phi) is 2.65. The molecule has 0 amide bonds. The third-order valence-electron chi connectivity index (χ3n) is 1.33. The van der Waals surface area contributed by atoms with Gasteiger partial charge in [-0.1, -0.05) is 6.07 Å². The van der Waals surface area contributed by atoms with Gasteiger partial charge in [0.15, 0.2) is 0 Å². The number of nitrogens with zero attached hydrogens (tertiary/aromatic N) is 1. The molecule has 66 valence electrons. The Hall–Kier alpha value is -1.10. The average molecular weight is 177 g/mol. The fourth-order valence-corrected chi connectivity index (χ4v) is 0.708. The van der Waals surface area contributed by atoms with Gasteiger partial charge in [-0.25, -0.2) is 13.8 Å². The number of aliphatic hydroxyl groups is 1. The van der Waals surface area contributed by atoms with Crippen LogP contribution in [0.1, 0.15) is 11.7 Å².